The van der Waals surface area contributed by atoms with Gasteiger partial charge in [0.15, 0.2) is 11.6 Å². The van der Waals surface area contributed by atoms with Crippen LogP contribution in [0.4, 0.5) is 4.39 Å². The van der Waals surface area contributed by atoms with Crippen molar-refractivity contribution in [3.05, 3.63) is 29.6 Å². The molecular weight excluding hydrogens is 323 g/mol. The number of halogens is 1. The Morgan fingerprint density at radius 3 is 2.72 bits per heavy atom. The van der Waals surface area contributed by atoms with E-state index >= 15 is 0 Å². The van der Waals surface area contributed by atoms with Crippen LogP contribution in [0.2, 0.25) is 0 Å². The van der Waals surface area contributed by atoms with Gasteiger partial charge in [-0.05, 0) is 36.5 Å². The monoisotopic (exact) mass is 346 g/mol. The maximum atomic E-state index is 13.8. The predicted octanol–water partition coefficient (Wildman–Crippen LogP) is 1.70. The number of ether oxygens (including phenoxy) is 1. The zero-order valence-electron chi connectivity index (χ0n) is 14.4. The van der Waals surface area contributed by atoms with Crippen molar-refractivity contribution in [3.63, 3.8) is 0 Å². The predicted molar refractivity (Wildman–Crippen MR) is 89.5 cm³/mol. The Balaban J connectivity index is 1.35. The van der Waals surface area contributed by atoms with Gasteiger partial charge in [0.25, 0.3) is 0 Å². The second-order valence-corrected chi connectivity index (χ2v) is 7.50. The summed E-state index contributed by atoms with van der Waals surface area (Å²) >= 11 is 0. The van der Waals surface area contributed by atoms with Crippen LogP contribution in [0, 0.1) is 23.6 Å². The van der Waals surface area contributed by atoms with Crippen LogP contribution in [0.15, 0.2) is 18.2 Å². The van der Waals surface area contributed by atoms with Gasteiger partial charge < -0.3 is 14.5 Å². The zero-order valence-corrected chi connectivity index (χ0v) is 14.4. The van der Waals surface area contributed by atoms with Gasteiger partial charge in [-0.1, -0.05) is 6.07 Å². The zero-order chi connectivity index (χ0) is 17.6. The number of hydrogen-bond donors (Lipinski definition) is 0. The molecule has 134 valence electrons. The van der Waals surface area contributed by atoms with E-state index in [-0.39, 0.29) is 35.8 Å². The number of amides is 2. The first-order valence-electron chi connectivity index (χ1n) is 8.94. The van der Waals surface area contributed by atoms with Crippen molar-refractivity contribution in [2.45, 2.75) is 19.3 Å². The van der Waals surface area contributed by atoms with Crippen LogP contribution >= 0.6 is 0 Å². The molecule has 1 saturated carbocycles. The summed E-state index contributed by atoms with van der Waals surface area (Å²) in [7, 11) is 1.41. The number of carbonyl (C=O) groups excluding carboxylic acids is 2. The van der Waals surface area contributed by atoms with Crippen molar-refractivity contribution in [2.24, 2.45) is 17.8 Å². The van der Waals surface area contributed by atoms with E-state index in [1.54, 1.807) is 11.0 Å². The van der Waals surface area contributed by atoms with Crippen LogP contribution in [0.3, 0.4) is 0 Å². The highest BCUT2D eigenvalue weighted by Gasteiger charge is 2.48. The fraction of sp³-hybridized carbons (Fsp3) is 0.579. The molecule has 4 rings (SSSR count). The van der Waals surface area contributed by atoms with Gasteiger partial charge in [-0.2, -0.15) is 0 Å². The van der Waals surface area contributed by atoms with Gasteiger partial charge in [0.05, 0.1) is 19.4 Å². The Morgan fingerprint density at radius 2 is 2.08 bits per heavy atom. The molecule has 5 nitrogen and oxygen atoms in total. The largest absolute Gasteiger partial charge is 0.494 e. The molecule has 0 unspecified atom stereocenters. The highest BCUT2D eigenvalue weighted by Crippen LogP contribution is 2.36. The fourth-order valence-corrected chi connectivity index (χ4v) is 4.03. The molecule has 2 aliphatic heterocycles. The van der Waals surface area contributed by atoms with Gasteiger partial charge in [0.1, 0.15) is 0 Å². The molecule has 2 saturated heterocycles. The molecule has 0 radical (unpaired) electrons. The Labute approximate surface area is 146 Å². The van der Waals surface area contributed by atoms with Gasteiger partial charge in [0, 0.05) is 32.1 Å². The first kappa shape index (κ1) is 16.4. The minimum absolute atomic E-state index is 0.0412. The van der Waals surface area contributed by atoms with Crippen LogP contribution in [-0.4, -0.2) is 54.9 Å². The third-order valence-corrected chi connectivity index (χ3v) is 5.62. The van der Waals surface area contributed by atoms with E-state index in [1.807, 2.05) is 4.90 Å². The molecule has 1 aromatic carbocycles. The van der Waals surface area contributed by atoms with Crippen molar-refractivity contribution in [2.75, 3.05) is 33.3 Å². The first-order chi connectivity index (χ1) is 12.0. The quantitative estimate of drug-likeness (QED) is 0.815. The lowest BCUT2D eigenvalue weighted by Gasteiger charge is -2.22. The summed E-state index contributed by atoms with van der Waals surface area (Å²) in [4.78, 5) is 28.8. The van der Waals surface area contributed by atoms with E-state index in [9.17, 15) is 14.0 Å². The number of nitrogens with zero attached hydrogens (tertiary/aromatic N) is 2. The van der Waals surface area contributed by atoms with Gasteiger partial charge >= 0.3 is 0 Å². The molecule has 2 atom stereocenters. The molecule has 0 N–H and O–H groups in total. The fourth-order valence-electron chi connectivity index (χ4n) is 4.03. The van der Waals surface area contributed by atoms with Crippen LogP contribution in [-0.2, 0) is 16.0 Å². The van der Waals surface area contributed by atoms with Crippen molar-refractivity contribution in [3.8, 4) is 5.75 Å². The molecule has 2 amide bonds. The van der Waals surface area contributed by atoms with Crippen molar-refractivity contribution in [1.82, 2.24) is 9.80 Å². The maximum absolute atomic E-state index is 13.8. The average Bonchev–Trinajstić information content (AvgIpc) is 3.22. The Morgan fingerprint density at radius 1 is 1.28 bits per heavy atom. The van der Waals surface area contributed by atoms with Gasteiger partial charge in [0.2, 0.25) is 11.8 Å². The third-order valence-electron chi connectivity index (χ3n) is 5.62. The summed E-state index contributed by atoms with van der Waals surface area (Å²) < 4.78 is 18.7. The molecule has 2 heterocycles. The van der Waals surface area contributed by atoms with E-state index < -0.39 is 5.82 Å². The third kappa shape index (κ3) is 3.22. The minimum atomic E-state index is -0.461. The van der Waals surface area contributed by atoms with Gasteiger partial charge in [-0.25, -0.2) is 4.39 Å². The van der Waals surface area contributed by atoms with E-state index in [4.69, 9.17) is 4.74 Å². The number of hydrogen-bond acceptors (Lipinski definition) is 3. The molecule has 3 aliphatic rings. The lowest BCUT2D eigenvalue weighted by atomic mass is 10.0. The van der Waals surface area contributed by atoms with Crippen LogP contribution < -0.4 is 4.74 Å². The molecule has 0 aromatic heterocycles. The number of fused-ring (bicyclic) bond motifs is 1. The smallest absolute Gasteiger partial charge is 0.227 e. The van der Waals surface area contributed by atoms with Gasteiger partial charge in [-0.15, -0.1) is 0 Å². The normalized spacial score (nSPS) is 25.4. The highest BCUT2D eigenvalue weighted by atomic mass is 19.1. The molecule has 25 heavy (non-hydrogen) atoms. The summed E-state index contributed by atoms with van der Waals surface area (Å²) in [5.41, 5.74) is 0.627. The molecule has 3 fully saturated rings. The highest BCUT2D eigenvalue weighted by molar-refractivity contribution is 5.85. The lowest BCUT2D eigenvalue weighted by molar-refractivity contribution is -0.133. The second kappa shape index (κ2) is 6.32. The maximum Gasteiger partial charge on any atom is 0.227 e. The number of rotatable bonds is 5. The molecule has 0 spiro atoms. The average molecular weight is 346 g/mol. The first-order valence-corrected chi connectivity index (χ1v) is 8.94. The van der Waals surface area contributed by atoms with Crippen molar-refractivity contribution in [1.29, 1.82) is 0 Å². The van der Waals surface area contributed by atoms with Gasteiger partial charge in [-0.3, -0.25) is 9.59 Å². The van der Waals surface area contributed by atoms with Crippen LogP contribution in [0.25, 0.3) is 0 Å². The van der Waals surface area contributed by atoms with E-state index in [0.29, 0.717) is 24.6 Å². The summed E-state index contributed by atoms with van der Waals surface area (Å²) in [5, 5.41) is 0. The summed E-state index contributed by atoms with van der Waals surface area (Å²) in [5.74, 6) is 0.789. The minimum Gasteiger partial charge on any atom is -0.494 e. The van der Waals surface area contributed by atoms with Crippen molar-refractivity contribution < 1.29 is 18.7 Å². The van der Waals surface area contributed by atoms with Crippen molar-refractivity contribution >= 4 is 11.8 Å². The van der Waals surface area contributed by atoms with E-state index in [2.05, 4.69) is 0 Å². The molecular formula is C19H23FN2O3. The van der Waals surface area contributed by atoms with Crippen LogP contribution in [0.5, 0.6) is 5.75 Å². The molecule has 0 bridgehead atoms. The molecule has 1 aliphatic carbocycles. The Kier molecular flexibility index (Phi) is 4.13. The van der Waals surface area contributed by atoms with E-state index in [1.165, 1.54) is 32.1 Å². The standard InChI is InChI=1S/C19H23FN2O3/c1-25-17-5-4-13(6-16(17)20)7-18(23)21-9-14-10-22(8-12-2-3-12)19(24)15(14)11-21/h4-6,12,14-15H,2-3,7-11H2,1H3/t14-,15-/m0/s1. The molecule has 1 aromatic rings. The van der Waals surface area contributed by atoms with Crippen LogP contribution in [0.1, 0.15) is 18.4 Å². The Bertz CT molecular complexity index is 704. The number of benzene rings is 1. The summed E-state index contributed by atoms with van der Waals surface area (Å²) in [6.07, 6.45) is 2.63. The molecule has 6 heteroatoms. The van der Waals surface area contributed by atoms with E-state index in [0.717, 1.165) is 13.1 Å². The number of carbonyl (C=O) groups is 2. The summed E-state index contributed by atoms with van der Waals surface area (Å²) in [6.45, 7) is 2.81. The number of methoxy groups -OCH3 is 1. The Hall–Kier alpha value is -2.11. The lowest BCUT2D eigenvalue weighted by Crippen LogP contribution is -2.37. The SMILES string of the molecule is COc1ccc(CC(=O)N2C[C@H]3CN(CC4CC4)C(=O)[C@H]3C2)cc1F. The topological polar surface area (TPSA) is 49.9 Å². The second-order valence-electron chi connectivity index (χ2n) is 7.50. The number of likely N-dealkylation sites (tertiary alicyclic amines) is 2. The summed E-state index contributed by atoms with van der Waals surface area (Å²) in [6, 6.07) is 4.59.